The first kappa shape index (κ1) is 17.1. The molecule has 1 aromatic carbocycles. The monoisotopic (exact) mass is 352 g/mol. The van der Waals surface area contributed by atoms with Crippen LogP contribution in [0.4, 0.5) is 4.39 Å². The van der Waals surface area contributed by atoms with Crippen LogP contribution in [0.2, 0.25) is 0 Å². The predicted molar refractivity (Wildman–Crippen MR) is 88.2 cm³/mol. The lowest BCUT2D eigenvalue weighted by Crippen LogP contribution is -2.50. The van der Waals surface area contributed by atoms with Gasteiger partial charge in [0.2, 0.25) is 15.9 Å². The molecule has 0 N–H and O–H groups in total. The fraction of sp³-hybridized carbons (Fsp3) is 0.471. The van der Waals surface area contributed by atoms with Crippen LogP contribution >= 0.6 is 0 Å². The molecular formula is C17H21FN2O3S. The molecule has 24 heavy (non-hydrogen) atoms. The molecule has 0 spiro atoms. The van der Waals surface area contributed by atoms with Crippen LogP contribution in [-0.2, 0) is 14.8 Å². The van der Waals surface area contributed by atoms with Gasteiger partial charge >= 0.3 is 0 Å². The van der Waals surface area contributed by atoms with Crippen molar-refractivity contribution in [2.45, 2.75) is 24.2 Å². The molecule has 0 bridgehead atoms. The average molecular weight is 352 g/mol. The Morgan fingerprint density at radius 1 is 1.17 bits per heavy atom. The van der Waals surface area contributed by atoms with Gasteiger partial charge in [0, 0.05) is 32.6 Å². The summed E-state index contributed by atoms with van der Waals surface area (Å²) in [6.07, 6.45) is 6.68. The van der Waals surface area contributed by atoms with Crippen LogP contribution in [0.5, 0.6) is 0 Å². The molecule has 1 fully saturated rings. The standard InChI is InChI=1S/C17H21FN2O3S/c18-15-7-3-4-8-16(15)24(22,23)20-11-9-19(10-12-20)17(21)13-14-5-1-2-6-14/h1,3-5,7-8,14H,2,6,9-13H2/t14-/m0/s1. The molecule has 0 unspecified atom stereocenters. The maximum Gasteiger partial charge on any atom is 0.246 e. The van der Waals surface area contributed by atoms with Crippen molar-refractivity contribution < 1.29 is 17.6 Å². The molecular weight excluding hydrogens is 331 g/mol. The number of rotatable bonds is 4. The van der Waals surface area contributed by atoms with Gasteiger partial charge in [-0.2, -0.15) is 4.31 Å². The Labute approximate surface area is 141 Å². The van der Waals surface area contributed by atoms with Gasteiger partial charge in [-0.3, -0.25) is 4.79 Å². The minimum Gasteiger partial charge on any atom is -0.340 e. The van der Waals surface area contributed by atoms with E-state index in [-0.39, 0.29) is 23.9 Å². The molecule has 1 amide bonds. The molecule has 3 rings (SSSR count). The highest BCUT2D eigenvalue weighted by atomic mass is 32.2. The van der Waals surface area contributed by atoms with Crippen LogP contribution in [0, 0.1) is 11.7 Å². The van der Waals surface area contributed by atoms with Gasteiger partial charge in [-0.15, -0.1) is 0 Å². The molecule has 0 radical (unpaired) electrons. The third-order valence-corrected chi connectivity index (χ3v) is 6.53. The Hall–Kier alpha value is -1.73. The first-order chi connectivity index (χ1) is 11.5. The molecule has 1 heterocycles. The maximum absolute atomic E-state index is 13.8. The Morgan fingerprint density at radius 3 is 2.50 bits per heavy atom. The Balaban J connectivity index is 1.61. The number of benzene rings is 1. The minimum atomic E-state index is -3.86. The van der Waals surface area contributed by atoms with Crippen molar-refractivity contribution in [3.8, 4) is 0 Å². The molecule has 7 heteroatoms. The number of sulfonamides is 1. The van der Waals surface area contributed by atoms with E-state index in [2.05, 4.69) is 12.2 Å². The second-order valence-corrected chi connectivity index (χ2v) is 8.09. The summed E-state index contributed by atoms with van der Waals surface area (Å²) in [6, 6.07) is 5.38. The van der Waals surface area contributed by atoms with Crippen LogP contribution in [0.25, 0.3) is 0 Å². The highest BCUT2D eigenvalue weighted by Crippen LogP contribution is 2.23. The second kappa shape index (κ2) is 7.03. The molecule has 1 aliphatic heterocycles. The molecule has 130 valence electrons. The molecule has 2 aliphatic rings. The molecule has 1 saturated heterocycles. The number of hydrogen-bond donors (Lipinski definition) is 0. The molecule has 1 aliphatic carbocycles. The summed E-state index contributed by atoms with van der Waals surface area (Å²) in [6.45, 7) is 1.09. The zero-order valence-corrected chi connectivity index (χ0v) is 14.2. The van der Waals surface area contributed by atoms with Crippen LogP contribution in [0.3, 0.4) is 0 Å². The summed E-state index contributed by atoms with van der Waals surface area (Å²) in [7, 11) is -3.86. The van der Waals surface area contributed by atoms with Gasteiger partial charge in [0.1, 0.15) is 10.7 Å². The fourth-order valence-electron chi connectivity index (χ4n) is 3.19. The summed E-state index contributed by atoms with van der Waals surface area (Å²) < 4.78 is 40.1. The van der Waals surface area contributed by atoms with Gasteiger partial charge < -0.3 is 4.90 Å². The van der Waals surface area contributed by atoms with E-state index in [1.165, 1.54) is 22.5 Å². The van der Waals surface area contributed by atoms with Crippen molar-refractivity contribution >= 4 is 15.9 Å². The Morgan fingerprint density at radius 2 is 1.88 bits per heavy atom. The summed E-state index contributed by atoms with van der Waals surface area (Å²) >= 11 is 0. The second-order valence-electron chi connectivity index (χ2n) is 6.19. The van der Waals surface area contributed by atoms with Crippen LogP contribution < -0.4 is 0 Å². The van der Waals surface area contributed by atoms with E-state index in [1.54, 1.807) is 4.90 Å². The fourth-order valence-corrected chi connectivity index (χ4v) is 4.68. The highest BCUT2D eigenvalue weighted by molar-refractivity contribution is 7.89. The van der Waals surface area contributed by atoms with Crippen molar-refractivity contribution in [2.75, 3.05) is 26.2 Å². The third kappa shape index (κ3) is 3.52. The van der Waals surface area contributed by atoms with Gasteiger partial charge in [-0.1, -0.05) is 24.3 Å². The lowest BCUT2D eigenvalue weighted by molar-refractivity contribution is -0.133. The number of carbonyl (C=O) groups is 1. The lowest BCUT2D eigenvalue weighted by atomic mass is 10.0. The van der Waals surface area contributed by atoms with E-state index in [0.29, 0.717) is 25.4 Å². The number of hydrogen-bond acceptors (Lipinski definition) is 3. The van der Waals surface area contributed by atoms with E-state index < -0.39 is 15.8 Å². The SMILES string of the molecule is O=C(C[C@H]1C=CCC1)N1CCN(S(=O)(=O)c2ccccc2F)CC1. The minimum absolute atomic E-state index is 0.0643. The number of nitrogens with zero attached hydrogens (tertiary/aromatic N) is 2. The van der Waals surface area contributed by atoms with Gasteiger partial charge in [-0.25, -0.2) is 12.8 Å². The van der Waals surface area contributed by atoms with Crippen molar-refractivity contribution in [1.82, 2.24) is 9.21 Å². The topological polar surface area (TPSA) is 57.7 Å². The summed E-state index contributed by atoms with van der Waals surface area (Å²) in [5.74, 6) is -0.379. The largest absolute Gasteiger partial charge is 0.340 e. The number of allylic oxidation sites excluding steroid dienone is 2. The quantitative estimate of drug-likeness (QED) is 0.779. The zero-order chi connectivity index (χ0) is 17.2. The predicted octanol–water partition coefficient (Wildman–Crippen LogP) is 2.01. The van der Waals surface area contributed by atoms with Crippen LogP contribution in [-0.4, -0.2) is 49.7 Å². The summed E-state index contributed by atoms with van der Waals surface area (Å²) in [5, 5.41) is 0. The molecule has 1 atom stereocenters. The first-order valence-corrected chi connectivity index (χ1v) is 9.61. The van der Waals surface area contributed by atoms with Crippen molar-refractivity contribution in [2.24, 2.45) is 5.92 Å². The average Bonchev–Trinajstić information content (AvgIpc) is 3.08. The Bertz CT molecular complexity index is 740. The number of piperazine rings is 1. The smallest absolute Gasteiger partial charge is 0.246 e. The van der Waals surface area contributed by atoms with Gasteiger partial charge in [0.05, 0.1) is 0 Å². The Kier molecular flexibility index (Phi) is 5.01. The zero-order valence-electron chi connectivity index (χ0n) is 13.4. The number of halogens is 1. The van der Waals surface area contributed by atoms with Crippen molar-refractivity contribution in [1.29, 1.82) is 0 Å². The van der Waals surface area contributed by atoms with Crippen LogP contribution in [0.15, 0.2) is 41.3 Å². The number of amides is 1. The van der Waals surface area contributed by atoms with E-state index in [4.69, 9.17) is 0 Å². The third-order valence-electron chi connectivity index (χ3n) is 4.60. The van der Waals surface area contributed by atoms with E-state index >= 15 is 0 Å². The van der Waals surface area contributed by atoms with Crippen LogP contribution in [0.1, 0.15) is 19.3 Å². The van der Waals surface area contributed by atoms with Gasteiger partial charge in [0.15, 0.2) is 0 Å². The maximum atomic E-state index is 13.8. The highest BCUT2D eigenvalue weighted by Gasteiger charge is 2.32. The van der Waals surface area contributed by atoms with E-state index in [0.717, 1.165) is 18.9 Å². The normalized spacial score (nSPS) is 22.0. The molecule has 5 nitrogen and oxygen atoms in total. The van der Waals surface area contributed by atoms with Gasteiger partial charge in [0.25, 0.3) is 0 Å². The summed E-state index contributed by atoms with van der Waals surface area (Å²) in [5.41, 5.74) is 0. The van der Waals surface area contributed by atoms with Crippen molar-refractivity contribution in [3.05, 3.63) is 42.2 Å². The number of carbonyl (C=O) groups excluding carboxylic acids is 1. The summed E-state index contributed by atoms with van der Waals surface area (Å²) in [4.78, 5) is 13.7. The molecule has 0 aromatic heterocycles. The molecule has 0 saturated carbocycles. The van der Waals surface area contributed by atoms with E-state index in [1.807, 2.05) is 0 Å². The van der Waals surface area contributed by atoms with Crippen molar-refractivity contribution in [3.63, 3.8) is 0 Å². The lowest BCUT2D eigenvalue weighted by Gasteiger charge is -2.34. The first-order valence-electron chi connectivity index (χ1n) is 8.17. The van der Waals surface area contributed by atoms with Gasteiger partial charge in [-0.05, 0) is 30.9 Å². The van der Waals surface area contributed by atoms with E-state index in [9.17, 15) is 17.6 Å². The molecule has 1 aromatic rings.